The van der Waals surface area contributed by atoms with Crippen LogP contribution >= 0.6 is 0 Å². The van der Waals surface area contributed by atoms with E-state index in [9.17, 15) is 0 Å². The molecular formula is C15H26N4. The molecule has 1 aromatic heterocycles. The monoisotopic (exact) mass is 262 g/mol. The van der Waals surface area contributed by atoms with Gasteiger partial charge in [0.2, 0.25) is 0 Å². The average Bonchev–Trinajstić information content (AvgIpc) is 2.40. The lowest BCUT2D eigenvalue weighted by Crippen LogP contribution is -2.51. The minimum Gasteiger partial charge on any atom is -0.314 e. The SMILES string of the molecule is CCN1CCN(Cc2cccc(CNC)n2)CC1C. The maximum Gasteiger partial charge on any atom is 0.0547 e. The number of hydrogen-bond donors (Lipinski definition) is 1. The molecular weight excluding hydrogens is 236 g/mol. The van der Waals surface area contributed by atoms with Crippen LogP contribution in [0.3, 0.4) is 0 Å². The van der Waals surface area contributed by atoms with Crippen molar-refractivity contribution in [2.45, 2.75) is 33.0 Å². The number of nitrogens with one attached hydrogen (secondary N) is 1. The molecule has 1 fully saturated rings. The molecule has 4 heteroatoms. The van der Waals surface area contributed by atoms with E-state index in [0.29, 0.717) is 6.04 Å². The number of likely N-dealkylation sites (N-methyl/N-ethyl adjacent to an activating group) is 1. The van der Waals surface area contributed by atoms with E-state index >= 15 is 0 Å². The lowest BCUT2D eigenvalue weighted by atomic mass is 10.2. The van der Waals surface area contributed by atoms with E-state index in [1.165, 1.54) is 12.2 Å². The van der Waals surface area contributed by atoms with E-state index in [1.54, 1.807) is 0 Å². The lowest BCUT2D eigenvalue weighted by Gasteiger charge is -2.39. The molecule has 106 valence electrons. The third-order valence-electron chi connectivity index (χ3n) is 3.86. The van der Waals surface area contributed by atoms with Gasteiger partial charge in [0.1, 0.15) is 0 Å². The number of pyridine rings is 1. The fourth-order valence-corrected chi connectivity index (χ4v) is 2.81. The summed E-state index contributed by atoms with van der Waals surface area (Å²) < 4.78 is 0. The van der Waals surface area contributed by atoms with E-state index < -0.39 is 0 Å². The number of nitrogens with zero attached hydrogens (tertiary/aromatic N) is 3. The Labute approximate surface area is 116 Å². The summed E-state index contributed by atoms with van der Waals surface area (Å²) in [4.78, 5) is 9.76. The Balaban J connectivity index is 1.92. The van der Waals surface area contributed by atoms with Gasteiger partial charge in [0.15, 0.2) is 0 Å². The number of rotatable bonds is 5. The summed E-state index contributed by atoms with van der Waals surface area (Å²) in [6, 6.07) is 6.98. The maximum absolute atomic E-state index is 4.70. The summed E-state index contributed by atoms with van der Waals surface area (Å²) in [6.07, 6.45) is 0. The van der Waals surface area contributed by atoms with Gasteiger partial charge in [-0.05, 0) is 32.6 Å². The van der Waals surface area contributed by atoms with Crippen molar-refractivity contribution in [3.8, 4) is 0 Å². The van der Waals surface area contributed by atoms with Crippen LogP contribution in [-0.4, -0.2) is 54.1 Å². The molecule has 0 amide bonds. The molecule has 0 saturated carbocycles. The van der Waals surface area contributed by atoms with Crippen LogP contribution in [-0.2, 0) is 13.1 Å². The highest BCUT2D eigenvalue weighted by Gasteiger charge is 2.22. The number of aromatic nitrogens is 1. The van der Waals surface area contributed by atoms with Crippen molar-refractivity contribution in [3.05, 3.63) is 29.6 Å². The molecule has 19 heavy (non-hydrogen) atoms. The second-order valence-corrected chi connectivity index (χ2v) is 5.36. The molecule has 2 heterocycles. The first-order valence-electron chi connectivity index (χ1n) is 7.28. The summed E-state index contributed by atoms with van der Waals surface area (Å²) in [7, 11) is 1.96. The molecule has 1 aliphatic rings. The largest absolute Gasteiger partial charge is 0.314 e. The van der Waals surface area contributed by atoms with Crippen molar-refractivity contribution in [1.29, 1.82) is 0 Å². The Morgan fingerprint density at radius 3 is 2.79 bits per heavy atom. The van der Waals surface area contributed by atoms with Crippen molar-refractivity contribution in [2.24, 2.45) is 0 Å². The topological polar surface area (TPSA) is 31.4 Å². The molecule has 0 aromatic carbocycles. The summed E-state index contributed by atoms with van der Waals surface area (Å²) in [5.74, 6) is 0. The van der Waals surface area contributed by atoms with Crippen LogP contribution in [0.4, 0.5) is 0 Å². The molecule has 1 aromatic rings. The van der Waals surface area contributed by atoms with Gasteiger partial charge in [-0.25, -0.2) is 0 Å². The smallest absolute Gasteiger partial charge is 0.0547 e. The summed E-state index contributed by atoms with van der Waals surface area (Å²) in [6.45, 7) is 11.0. The quantitative estimate of drug-likeness (QED) is 0.867. The predicted molar refractivity (Wildman–Crippen MR) is 79.0 cm³/mol. The molecule has 1 saturated heterocycles. The fourth-order valence-electron chi connectivity index (χ4n) is 2.81. The highest BCUT2D eigenvalue weighted by atomic mass is 15.3. The summed E-state index contributed by atoms with van der Waals surface area (Å²) in [5, 5.41) is 3.15. The summed E-state index contributed by atoms with van der Waals surface area (Å²) >= 11 is 0. The second-order valence-electron chi connectivity index (χ2n) is 5.36. The first-order valence-corrected chi connectivity index (χ1v) is 7.28. The summed E-state index contributed by atoms with van der Waals surface area (Å²) in [5.41, 5.74) is 2.31. The standard InChI is InChI=1S/C15H26N4/c1-4-19-9-8-18(11-13(19)2)12-15-7-5-6-14(17-15)10-16-3/h5-7,13,16H,4,8-12H2,1-3H3. The minimum absolute atomic E-state index is 0.652. The van der Waals surface area contributed by atoms with Crippen LogP contribution in [0.25, 0.3) is 0 Å². The van der Waals surface area contributed by atoms with E-state index in [4.69, 9.17) is 4.98 Å². The van der Waals surface area contributed by atoms with Crippen molar-refractivity contribution in [3.63, 3.8) is 0 Å². The van der Waals surface area contributed by atoms with Crippen LogP contribution in [0.5, 0.6) is 0 Å². The van der Waals surface area contributed by atoms with E-state index in [1.807, 2.05) is 7.05 Å². The molecule has 1 N–H and O–H groups in total. The first-order chi connectivity index (χ1) is 9.22. The van der Waals surface area contributed by atoms with Gasteiger partial charge in [0.25, 0.3) is 0 Å². The molecule has 1 aliphatic heterocycles. The number of piperazine rings is 1. The predicted octanol–water partition coefficient (Wildman–Crippen LogP) is 1.33. The van der Waals surface area contributed by atoms with Crippen LogP contribution in [0, 0.1) is 0 Å². The molecule has 4 nitrogen and oxygen atoms in total. The second kappa shape index (κ2) is 6.98. The number of hydrogen-bond acceptors (Lipinski definition) is 4. The highest BCUT2D eigenvalue weighted by Crippen LogP contribution is 2.12. The van der Waals surface area contributed by atoms with Crippen LogP contribution in [0.15, 0.2) is 18.2 Å². The van der Waals surface area contributed by atoms with Crippen molar-refractivity contribution < 1.29 is 0 Å². The third-order valence-corrected chi connectivity index (χ3v) is 3.86. The fraction of sp³-hybridized carbons (Fsp3) is 0.667. The van der Waals surface area contributed by atoms with Gasteiger partial charge in [-0.3, -0.25) is 14.8 Å². The molecule has 0 radical (unpaired) electrons. The zero-order valence-corrected chi connectivity index (χ0v) is 12.4. The van der Waals surface area contributed by atoms with Gasteiger partial charge >= 0.3 is 0 Å². The first kappa shape index (κ1) is 14.4. The van der Waals surface area contributed by atoms with Crippen LogP contribution in [0.1, 0.15) is 25.2 Å². The van der Waals surface area contributed by atoms with E-state index in [2.05, 4.69) is 47.2 Å². The Hall–Kier alpha value is -0.970. The molecule has 1 unspecified atom stereocenters. The van der Waals surface area contributed by atoms with Crippen molar-refractivity contribution in [2.75, 3.05) is 33.2 Å². The van der Waals surface area contributed by atoms with Crippen molar-refractivity contribution >= 4 is 0 Å². The molecule has 2 rings (SSSR count). The molecule has 0 aliphatic carbocycles. The lowest BCUT2D eigenvalue weighted by molar-refractivity contribution is 0.0826. The van der Waals surface area contributed by atoms with Crippen LogP contribution < -0.4 is 5.32 Å². The van der Waals surface area contributed by atoms with Gasteiger partial charge < -0.3 is 5.32 Å². The third kappa shape index (κ3) is 4.00. The molecule has 0 bridgehead atoms. The van der Waals surface area contributed by atoms with Gasteiger partial charge in [0, 0.05) is 38.8 Å². The Bertz CT molecular complexity index is 393. The highest BCUT2D eigenvalue weighted by molar-refractivity contribution is 5.11. The molecule has 1 atom stereocenters. The van der Waals surface area contributed by atoms with Gasteiger partial charge in [0.05, 0.1) is 11.4 Å². The van der Waals surface area contributed by atoms with Crippen LogP contribution in [0.2, 0.25) is 0 Å². The molecule has 0 spiro atoms. The van der Waals surface area contributed by atoms with E-state index in [-0.39, 0.29) is 0 Å². The Morgan fingerprint density at radius 2 is 2.11 bits per heavy atom. The van der Waals surface area contributed by atoms with Gasteiger partial charge in [-0.2, -0.15) is 0 Å². The average molecular weight is 262 g/mol. The van der Waals surface area contributed by atoms with Gasteiger partial charge in [-0.1, -0.05) is 13.0 Å². The van der Waals surface area contributed by atoms with E-state index in [0.717, 1.165) is 38.4 Å². The Morgan fingerprint density at radius 1 is 1.32 bits per heavy atom. The minimum atomic E-state index is 0.652. The normalized spacial score (nSPS) is 21.7. The van der Waals surface area contributed by atoms with Crippen molar-refractivity contribution in [1.82, 2.24) is 20.1 Å². The van der Waals surface area contributed by atoms with Gasteiger partial charge in [-0.15, -0.1) is 0 Å². The maximum atomic E-state index is 4.70. The Kier molecular flexibility index (Phi) is 5.31. The zero-order valence-electron chi connectivity index (χ0n) is 12.4. The zero-order chi connectivity index (χ0) is 13.7.